The molecule has 2 aliphatic rings. The summed E-state index contributed by atoms with van der Waals surface area (Å²) in [6.07, 6.45) is 7.35. The second-order valence-corrected chi connectivity index (χ2v) is 8.15. The molecule has 0 aromatic carbocycles. The molecule has 1 aliphatic heterocycles. The summed E-state index contributed by atoms with van der Waals surface area (Å²) in [4.78, 5) is 22.7. The van der Waals surface area contributed by atoms with Gasteiger partial charge in [0.25, 0.3) is 0 Å². The molecule has 1 fully saturated rings. The number of halogens is 1. The highest BCUT2D eigenvalue weighted by Gasteiger charge is 2.38. The summed E-state index contributed by atoms with van der Waals surface area (Å²) in [5.74, 6) is 0.533. The lowest BCUT2D eigenvalue weighted by Gasteiger charge is -2.32. The van der Waals surface area contributed by atoms with E-state index in [0.29, 0.717) is 29.6 Å². The molecule has 10 heteroatoms. The Labute approximate surface area is 176 Å². The standard InChI is InChI=1S/C20H18ClN7O2/c21-12-5-2-7-28-15(12)9-14(26-28)17-16-13(22-10-23-16)6-8-27(17)20(29)19-25-24-18(30-19)11-3-1-4-11/h2,5,7,9-11,17H,1,3-4,6,8H2,(H,22,23)/t17-/m1/s1. The second-order valence-electron chi connectivity index (χ2n) is 7.75. The van der Waals surface area contributed by atoms with Crippen molar-refractivity contribution < 1.29 is 9.21 Å². The Morgan fingerprint density at radius 3 is 3.00 bits per heavy atom. The van der Waals surface area contributed by atoms with Crippen LogP contribution in [0.25, 0.3) is 5.52 Å². The molecule has 0 bridgehead atoms. The van der Waals surface area contributed by atoms with E-state index in [4.69, 9.17) is 16.0 Å². The summed E-state index contributed by atoms with van der Waals surface area (Å²) < 4.78 is 7.46. The van der Waals surface area contributed by atoms with Crippen LogP contribution in [0.4, 0.5) is 0 Å². The molecule has 152 valence electrons. The van der Waals surface area contributed by atoms with Gasteiger partial charge in [0.1, 0.15) is 6.04 Å². The topological polar surface area (TPSA) is 105 Å². The number of nitrogens with zero attached hydrogens (tertiary/aromatic N) is 6. The van der Waals surface area contributed by atoms with Crippen LogP contribution < -0.4 is 0 Å². The van der Waals surface area contributed by atoms with Crippen LogP contribution in [0.3, 0.4) is 0 Å². The van der Waals surface area contributed by atoms with Crippen LogP contribution in [0.2, 0.25) is 5.02 Å². The zero-order valence-electron chi connectivity index (χ0n) is 16.0. The van der Waals surface area contributed by atoms with Crippen LogP contribution in [0.15, 0.2) is 35.1 Å². The van der Waals surface area contributed by atoms with E-state index in [9.17, 15) is 4.79 Å². The Morgan fingerprint density at radius 2 is 2.20 bits per heavy atom. The predicted octanol–water partition coefficient (Wildman–Crippen LogP) is 3.15. The molecular weight excluding hydrogens is 406 g/mol. The Balaban J connectivity index is 1.41. The number of carbonyl (C=O) groups excluding carboxylic acids is 1. The number of amides is 1. The van der Waals surface area contributed by atoms with Crippen molar-refractivity contribution in [1.29, 1.82) is 0 Å². The fourth-order valence-electron chi connectivity index (χ4n) is 4.19. The molecule has 1 N–H and O–H groups in total. The van der Waals surface area contributed by atoms with Crippen LogP contribution in [0.5, 0.6) is 0 Å². The average Bonchev–Trinajstić information content (AvgIpc) is 3.44. The molecule has 4 aromatic rings. The molecule has 1 aliphatic carbocycles. The second kappa shape index (κ2) is 6.66. The highest BCUT2D eigenvalue weighted by Crippen LogP contribution is 2.37. The van der Waals surface area contributed by atoms with Gasteiger partial charge >= 0.3 is 11.8 Å². The Kier molecular flexibility index (Phi) is 3.92. The summed E-state index contributed by atoms with van der Waals surface area (Å²) in [5.41, 5.74) is 3.22. The number of carbonyl (C=O) groups is 1. The van der Waals surface area contributed by atoms with E-state index < -0.39 is 6.04 Å². The van der Waals surface area contributed by atoms with Gasteiger partial charge in [-0.2, -0.15) is 5.10 Å². The number of aromatic nitrogens is 6. The third-order valence-electron chi connectivity index (χ3n) is 6.01. The number of nitrogens with one attached hydrogen (secondary N) is 1. The molecule has 6 rings (SSSR count). The zero-order valence-corrected chi connectivity index (χ0v) is 16.7. The van der Waals surface area contributed by atoms with E-state index in [2.05, 4.69) is 25.3 Å². The van der Waals surface area contributed by atoms with Gasteiger partial charge in [0, 0.05) is 30.8 Å². The number of pyridine rings is 1. The van der Waals surface area contributed by atoms with Gasteiger partial charge in [0.2, 0.25) is 5.89 Å². The molecule has 4 aromatic heterocycles. The summed E-state index contributed by atoms with van der Waals surface area (Å²) in [7, 11) is 0. The molecule has 0 saturated heterocycles. The van der Waals surface area contributed by atoms with E-state index in [1.54, 1.807) is 15.7 Å². The van der Waals surface area contributed by atoms with Crippen molar-refractivity contribution in [2.75, 3.05) is 6.54 Å². The minimum absolute atomic E-state index is 0.0164. The zero-order chi connectivity index (χ0) is 20.2. The van der Waals surface area contributed by atoms with Crippen molar-refractivity contribution in [2.45, 2.75) is 37.6 Å². The van der Waals surface area contributed by atoms with Crippen LogP contribution in [0.1, 0.15) is 64.9 Å². The Morgan fingerprint density at radius 1 is 1.30 bits per heavy atom. The van der Waals surface area contributed by atoms with Crippen LogP contribution >= 0.6 is 11.6 Å². The first-order valence-electron chi connectivity index (χ1n) is 9.99. The third kappa shape index (κ3) is 2.65. The van der Waals surface area contributed by atoms with Crippen LogP contribution in [0, 0.1) is 0 Å². The molecule has 0 unspecified atom stereocenters. The van der Waals surface area contributed by atoms with E-state index in [0.717, 1.165) is 36.2 Å². The predicted molar refractivity (Wildman–Crippen MR) is 106 cm³/mol. The summed E-state index contributed by atoms with van der Waals surface area (Å²) in [6.45, 7) is 0.488. The van der Waals surface area contributed by atoms with Crippen molar-refractivity contribution in [3.8, 4) is 0 Å². The fourth-order valence-corrected chi connectivity index (χ4v) is 4.41. The lowest BCUT2D eigenvalue weighted by Crippen LogP contribution is -2.41. The van der Waals surface area contributed by atoms with Crippen molar-refractivity contribution in [3.05, 3.63) is 64.6 Å². The molecule has 30 heavy (non-hydrogen) atoms. The van der Waals surface area contributed by atoms with Crippen molar-refractivity contribution in [1.82, 2.24) is 34.7 Å². The first-order valence-corrected chi connectivity index (χ1v) is 10.4. The van der Waals surface area contributed by atoms with E-state index >= 15 is 0 Å². The lowest BCUT2D eigenvalue weighted by molar-refractivity contribution is 0.0642. The quantitative estimate of drug-likeness (QED) is 0.542. The lowest BCUT2D eigenvalue weighted by atomic mass is 9.85. The van der Waals surface area contributed by atoms with Gasteiger partial charge in [-0.15, -0.1) is 10.2 Å². The smallest absolute Gasteiger partial charge is 0.312 e. The van der Waals surface area contributed by atoms with Gasteiger partial charge in [-0.05, 0) is 31.0 Å². The van der Waals surface area contributed by atoms with Gasteiger partial charge in [0.05, 0.1) is 28.3 Å². The van der Waals surface area contributed by atoms with Crippen molar-refractivity contribution >= 4 is 23.0 Å². The maximum atomic E-state index is 13.4. The van der Waals surface area contributed by atoms with E-state index in [1.165, 1.54) is 0 Å². The van der Waals surface area contributed by atoms with Gasteiger partial charge in [0.15, 0.2) is 0 Å². The number of fused-ring (bicyclic) bond motifs is 2. The summed E-state index contributed by atoms with van der Waals surface area (Å²) in [5, 5.41) is 13.4. The maximum absolute atomic E-state index is 13.4. The van der Waals surface area contributed by atoms with Gasteiger partial charge < -0.3 is 14.3 Å². The monoisotopic (exact) mass is 423 g/mol. The number of aromatic amines is 1. The fraction of sp³-hybridized carbons (Fsp3) is 0.350. The van der Waals surface area contributed by atoms with Crippen molar-refractivity contribution in [2.24, 2.45) is 0 Å². The highest BCUT2D eigenvalue weighted by molar-refractivity contribution is 6.33. The molecule has 1 amide bonds. The van der Waals surface area contributed by atoms with E-state index in [-0.39, 0.29) is 17.7 Å². The first kappa shape index (κ1) is 17.6. The number of hydrogen-bond acceptors (Lipinski definition) is 6. The first-order chi connectivity index (χ1) is 14.7. The van der Waals surface area contributed by atoms with Crippen LogP contribution in [-0.2, 0) is 6.42 Å². The molecule has 9 nitrogen and oxygen atoms in total. The Hall–Kier alpha value is -3.20. The summed E-state index contributed by atoms with van der Waals surface area (Å²) in [6, 6.07) is 5.07. The molecule has 1 saturated carbocycles. The number of H-pyrrole nitrogens is 1. The molecule has 1 atom stereocenters. The van der Waals surface area contributed by atoms with Crippen LogP contribution in [-0.4, -0.2) is 47.1 Å². The van der Waals surface area contributed by atoms with Gasteiger partial charge in [-0.1, -0.05) is 18.0 Å². The molecular formula is C20H18ClN7O2. The third-order valence-corrected chi connectivity index (χ3v) is 6.33. The van der Waals surface area contributed by atoms with Gasteiger partial charge in [-0.25, -0.2) is 9.50 Å². The normalized spacial score (nSPS) is 19.1. The minimum Gasteiger partial charge on any atom is -0.417 e. The number of imidazole rings is 1. The molecule has 5 heterocycles. The number of hydrogen-bond donors (Lipinski definition) is 1. The average molecular weight is 424 g/mol. The number of rotatable bonds is 3. The van der Waals surface area contributed by atoms with Crippen molar-refractivity contribution in [3.63, 3.8) is 0 Å². The SMILES string of the molecule is O=C(c1nnc(C2CCC2)o1)N1CCc2[nH]cnc2[C@H]1c1cc2c(Cl)cccn2n1. The Bertz CT molecular complexity index is 1260. The molecule has 0 radical (unpaired) electrons. The molecule has 0 spiro atoms. The largest absolute Gasteiger partial charge is 0.417 e. The highest BCUT2D eigenvalue weighted by atomic mass is 35.5. The minimum atomic E-state index is -0.470. The van der Waals surface area contributed by atoms with E-state index in [1.807, 2.05) is 24.4 Å². The van der Waals surface area contributed by atoms with Gasteiger partial charge in [-0.3, -0.25) is 4.79 Å². The summed E-state index contributed by atoms with van der Waals surface area (Å²) >= 11 is 6.34. The maximum Gasteiger partial charge on any atom is 0.312 e.